The monoisotopic (exact) mass is 419 g/mol. The van der Waals surface area contributed by atoms with Gasteiger partial charge < -0.3 is 14.8 Å². The van der Waals surface area contributed by atoms with Crippen LogP contribution in [0.15, 0.2) is 42.5 Å². The second-order valence-corrected chi connectivity index (χ2v) is 7.37. The van der Waals surface area contributed by atoms with Crippen LogP contribution in [0.3, 0.4) is 0 Å². The predicted molar refractivity (Wildman–Crippen MR) is 102 cm³/mol. The number of benzene rings is 2. The van der Waals surface area contributed by atoms with Crippen LogP contribution in [0, 0.1) is 0 Å². The quantitative estimate of drug-likeness (QED) is 0.733. The number of hydrogen-bond donors (Lipinski definition) is 1. The largest absolute Gasteiger partial charge is 0.417 e. The maximum atomic E-state index is 13.3. The molecule has 5 nitrogen and oxygen atoms in total. The van der Waals surface area contributed by atoms with Crippen molar-refractivity contribution < 1.29 is 32.2 Å². The van der Waals surface area contributed by atoms with E-state index < -0.39 is 34.8 Å². The van der Waals surface area contributed by atoms with Crippen LogP contribution in [0.5, 0.6) is 0 Å². The molecule has 2 aromatic rings. The Kier molecular flexibility index (Phi) is 5.15. The second kappa shape index (κ2) is 7.52. The topological polar surface area (TPSA) is 64.6 Å². The smallest absolute Gasteiger partial charge is 0.338 e. The number of carbonyl (C=O) groups excluding carboxylic acids is 2. The normalized spacial score (nSPS) is 23.3. The van der Waals surface area contributed by atoms with Crippen molar-refractivity contribution in [3.8, 4) is 0 Å². The third kappa shape index (κ3) is 3.40. The summed E-state index contributed by atoms with van der Waals surface area (Å²) in [5.74, 6) is -2.98. The van der Waals surface area contributed by atoms with Crippen LogP contribution in [-0.4, -0.2) is 24.4 Å². The van der Waals surface area contributed by atoms with Gasteiger partial charge in [-0.3, -0.25) is 9.59 Å². The highest BCUT2D eigenvalue weighted by Gasteiger charge is 2.53. The lowest BCUT2D eigenvalue weighted by atomic mass is 9.94. The van der Waals surface area contributed by atoms with Crippen molar-refractivity contribution in [1.29, 1.82) is 0 Å². The third-order valence-corrected chi connectivity index (χ3v) is 5.35. The lowest BCUT2D eigenvalue weighted by molar-refractivity contribution is -0.281. The van der Waals surface area contributed by atoms with Crippen LogP contribution in [0.25, 0.3) is 0 Å². The summed E-state index contributed by atoms with van der Waals surface area (Å²) in [7, 11) is 0. The summed E-state index contributed by atoms with van der Waals surface area (Å²) >= 11 is 0. The molecule has 0 saturated carbocycles. The van der Waals surface area contributed by atoms with E-state index in [0.717, 1.165) is 25.0 Å². The molecule has 1 spiro atoms. The molecule has 2 atom stereocenters. The minimum atomic E-state index is -4.66. The van der Waals surface area contributed by atoms with Gasteiger partial charge >= 0.3 is 6.18 Å². The van der Waals surface area contributed by atoms with E-state index in [-0.39, 0.29) is 11.7 Å². The first kappa shape index (κ1) is 20.6. The number of ketones is 1. The highest BCUT2D eigenvalue weighted by atomic mass is 19.4. The Morgan fingerprint density at radius 1 is 1.23 bits per heavy atom. The number of halogens is 3. The zero-order valence-corrected chi connectivity index (χ0v) is 16.2. The fourth-order valence-corrected chi connectivity index (χ4v) is 3.92. The number of nitrogens with one attached hydrogen (secondary N) is 1. The number of rotatable bonds is 4. The van der Waals surface area contributed by atoms with E-state index in [1.54, 1.807) is 0 Å². The van der Waals surface area contributed by atoms with Crippen molar-refractivity contribution in [1.82, 2.24) is 0 Å². The zero-order chi connectivity index (χ0) is 21.5. The predicted octanol–water partition coefficient (Wildman–Crippen LogP) is 4.65. The van der Waals surface area contributed by atoms with Crippen molar-refractivity contribution in [2.75, 3.05) is 11.9 Å². The molecule has 0 aliphatic carbocycles. The fourth-order valence-electron chi connectivity index (χ4n) is 3.92. The van der Waals surface area contributed by atoms with Gasteiger partial charge in [0.1, 0.15) is 0 Å². The first-order valence-corrected chi connectivity index (χ1v) is 9.75. The Labute approximate surface area is 171 Å². The molecule has 2 aromatic carbocycles. The van der Waals surface area contributed by atoms with Crippen LogP contribution in [0.4, 0.5) is 18.9 Å². The molecule has 8 heteroatoms. The Morgan fingerprint density at radius 2 is 2.00 bits per heavy atom. The zero-order valence-electron chi connectivity index (χ0n) is 16.2. The van der Waals surface area contributed by atoms with E-state index in [1.165, 1.54) is 30.3 Å². The molecule has 158 valence electrons. The molecule has 1 saturated heterocycles. The van der Waals surface area contributed by atoms with Crippen molar-refractivity contribution in [2.24, 2.45) is 0 Å². The highest BCUT2D eigenvalue weighted by molar-refractivity contribution is 6.12. The maximum absolute atomic E-state index is 13.3. The standard InChI is InChI=1S/C22H20F3NO4/c1-2-5-14-10-11-29-21(30-14)17-12-13(8-9-18(17)26-20(21)28)19(27)15-6-3-4-7-16(15)22(23,24)25/h3-4,6-9,12,14H,2,5,10-11H2,1H3,(H,26,28). The maximum Gasteiger partial charge on any atom is 0.417 e. The van der Waals surface area contributed by atoms with Gasteiger partial charge in [0.25, 0.3) is 11.7 Å². The Morgan fingerprint density at radius 3 is 2.73 bits per heavy atom. The highest BCUT2D eigenvalue weighted by Crippen LogP contribution is 2.44. The number of alkyl halides is 3. The van der Waals surface area contributed by atoms with E-state index in [0.29, 0.717) is 24.3 Å². The van der Waals surface area contributed by atoms with Gasteiger partial charge in [-0.2, -0.15) is 13.2 Å². The molecule has 30 heavy (non-hydrogen) atoms. The lowest BCUT2D eigenvalue weighted by Crippen LogP contribution is -2.47. The third-order valence-electron chi connectivity index (χ3n) is 5.35. The molecule has 1 N–H and O–H groups in total. The summed E-state index contributed by atoms with van der Waals surface area (Å²) in [6.07, 6.45) is -2.61. The molecule has 2 heterocycles. The Bertz CT molecular complexity index is 1000. The molecule has 1 amide bonds. The average molecular weight is 419 g/mol. The number of carbonyl (C=O) groups is 2. The van der Waals surface area contributed by atoms with Gasteiger partial charge in [-0.25, -0.2) is 0 Å². The lowest BCUT2D eigenvalue weighted by Gasteiger charge is -2.37. The first-order chi connectivity index (χ1) is 14.3. The van der Waals surface area contributed by atoms with Gasteiger partial charge in [0.15, 0.2) is 5.78 Å². The average Bonchev–Trinajstić information content (AvgIpc) is 2.98. The molecule has 0 radical (unpaired) electrons. The van der Waals surface area contributed by atoms with E-state index in [4.69, 9.17) is 9.47 Å². The molecule has 0 aromatic heterocycles. The molecule has 1 fully saturated rings. The van der Waals surface area contributed by atoms with Crippen LogP contribution < -0.4 is 5.32 Å². The summed E-state index contributed by atoms with van der Waals surface area (Å²) in [5, 5.41) is 2.68. The Hall–Kier alpha value is -2.71. The number of hydrogen-bond acceptors (Lipinski definition) is 4. The first-order valence-electron chi connectivity index (χ1n) is 9.75. The van der Waals surface area contributed by atoms with Crippen molar-refractivity contribution in [3.63, 3.8) is 0 Å². The molecule has 2 unspecified atom stereocenters. The van der Waals surface area contributed by atoms with Crippen molar-refractivity contribution in [3.05, 3.63) is 64.7 Å². The molecule has 2 aliphatic heterocycles. The summed E-state index contributed by atoms with van der Waals surface area (Å²) in [5.41, 5.74) is -0.717. The van der Waals surface area contributed by atoms with Gasteiger partial charge in [-0.1, -0.05) is 31.5 Å². The van der Waals surface area contributed by atoms with Crippen LogP contribution >= 0.6 is 0 Å². The summed E-state index contributed by atoms with van der Waals surface area (Å²) in [4.78, 5) is 25.6. The van der Waals surface area contributed by atoms with Gasteiger partial charge in [0, 0.05) is 16.7 Å². The van der Waals surface area contributed by atoms with E-state index in [9.17, 15) is 22.8 Å². The minimum absolute atomic E-state index is 0.0196. The van der Waals surface area contributed by atoms with Gasteiger partial charge in [-0.15, -0.1) is 0 Å². The van der Waals surface area contributed by atoms with E-state index in [2.05, 4.69) is 5.32 Å². The van der Waals surface area contributed by atoms with Gasteiger partial charge in [-0.05, 0) is 37.1 Å². The van der Waals surface area contributed by atoms with Crippen molar-refractivity contribution in [2.45, 2.75) is 44.3 Å². The van der Waals surface area contributed by atoms with Gasteiger partial charge in [0.2, 0.25) is 0 Å². The van der Waals surface area contributed by atoms with Gasteiger partial charge in [0.05, 0.1) is 24.0 Å². The Balaban J connectivity index is 1.74. The number of anilines is 1. The summed E-state index contributed by atoms with van der Waals surface area (Å²) in [6.45, 7) is 2.30. The number of amides is 1. The molecular weight excluding hydrogens is 399 g/mol. The molecule has 4 rings (SSSR count). The van der Waals surface area contributed by atoms with Crippen LogP contribution in [0.2, 0.25) is 0 Å². The van der Waals surface area contributed by atoms with Crippen LogP contribution in [-0.2, 0) is 26.2 Å². The SMILES string of the molecule is CCCC1CCOC2(O1)C(=O)Nc1ccc(C(=O)c3ccccc3C(F)(F)F)cc12. The minimum Gasteiger partial charge on any atom is -0.338 e. The summed E-state index contributed by atoms with van der Waals surface area (Å²) < 4.78 is 51.8. The molecular formula is C22H20F3NO4. The molecule has 0 bridgehead atoms. The number of fused-ring (bicyclic) bond motifs is 2. The van der Waals surface area contributed by atoms with Crippen LogP contribution in [0.1, 0.15) is 53.2 Å². The number of ether oxygens (including phenoxy) is 2. The van der Waals surface area contributed by atoms with E-state index in [1.807, 2.05) is 6.92 Å². The summed E-state index contributed by atoms with van der Waals surface area (Å²) in [6, 6.07) is 8.89. The second-order valence-electron chi connectivity index (χ2n) is 7.37. The molecule has 2 aliphatic rings. The fraction of sp³-hybridized carbons (Fsp3) is 0.364. The van der Waals surface area contributed by atoms with Crippen molar-refractivity contribution >= 4 is 17.4 Å². The van der Waals surface area contributed by atoms with E-state index >= 15 is 0 Å².